The number of nitrogens with zero attached hydrogens (tertiary/aromatic N) is 2. The van der Waals surface area contributed by atoms with Gasteiger partial charge in [0, 0.05) is 6.42 Å². The van der Waals surface area contributed by atoms with E-state index >= 15 is 0 Å². The summed E-state index contributed by atoms with van der Waals surface area (Å²) in [6.45, 7) is 5.48. The molecule has 0 saturated carbocycles. The maximum atomic E-state index is 13.2. The Labute approximate surface area is 226 Å². The minimum absolute atomic E-state index is 0.114. The van der Waals surface area contributed by atoms with Crippen LogP contribution in [0.4, 0.5) is 26.3 Å². The van der Waals surface area contributed by atoms with Gasteiger partial charge < -0.3 is 4.48 Å². The van der Waals surface area contributed by atoms with Crippen LogP contribution in [0.1, 0.15) is 90.9 Å². The van der Waals surface area contributed by atoms with Crippen LogP contribution in [0.2, 0.25) is 0 Å². The van der Waals surface area contributed by atoms with Crippen LogP contribution in [-0.4, -0.2) is 89.9 Å². The van der Waals surface area contributed by atoms with Crippen LogP contribution in [0.25, 0.3) is 0 Å². The standard InChI is InChI=1S/C14H26F6NO4S2.C10H24N/c1-5-6-7-8-9-10-11-12(21(2,3)4,26(22,23)13(15,16)17)27(24,25)14(18,19)20;1-5-6-7-8-9-10-11(2,3)4/h5-11H2,1-4H3;5-10H2,1-4H3/q2*+1. The fourth-order valence-corrected chi connectivity index (χ4v) is 8.86. The van der Waals surface area contributed by atoms with Crippen LogP contribution in [0.3, 0.4) is 0 Å². The number of alkyl halides is 6. The highest BCUT2D eigenvalue weighted by molar-refractivity contribution is 8.10. The first-order valence-electron chi connectivity index (χ1n) is 13.1. The summed E-state index contributed by atoms with van der Waals surface area (Å²) in [6.07, 6.45) is 8.13. The van der Waals surface area contributed by atoms with Crippen LogP contribution in [0, 0.1) is 0 Å². The van der Waals surface area contributed by atoms with Gasteiger partial charge in [0.25, 0.3) is 0 Å². The average Bonchev–Trinajstić information content (AvgIpc) is 2.69. The molecule has 38 heavy (non-hydrogen) atoms. The monoisotopic (exact) mass is 608 g/mol. The van der Waals surface area contributed by atoms with Crippen molar-refractivity contribution in [3.8, 4) is 0 Å². The molecular formula is C24H50F6N2O4S2+2. The van der Waals surface area contributed by atoms with Gasteiger partial charge in [-0.3, -0.25) is 4.48 Å². The molecule has 0 aliphatic heterocycles. The van der Waals surface area contributed by atoms with E-state index in [0.29, 0.717) is 34.0 Å². The molecule has 6 nitrogen and oxygen atoms in total. The zero-order valence-corrected chi connectivity index (χ0v) is 25.9. The molecule has 14 heteroatoms. The van der Waals surface area contributed by atoms with E-state index in [1.54, 1.807) is 0 Å². The highest BCUT2D eigenvalue weighted by Crippen LogP contribution is 2.49. The van der Waals surface area contributed by atoms with E-state index in [2.05, 4.69) is 28.1 Å². The van der Waals surface area contributed by atoms with Gasteiger partial charge in [0.1, 0.15) is 0 Å². The molecule has 0 fully saturated rings. The third-order valence-electron chi connectivity index (χ3n) is 6.25. The molecule has 0 bridgehead atoms. The fraction of sp³-hybridized carbons (Fsp3) is 1.00. The van der Waals surface area contributed by atoms with E-state index in [0.717, 1.165) is 17.3 Å². The Bertz CT molecular complexity index is 830. The molecule has 0 rings (SSSR count). The van der Waals surface area contributed by atoms with Crippen molar-refractivity contribution >= 4 is 19.7 Å². The Balaban J connectivity index is 0. The quantitative estimate of drug-likeness (QED) is 0.112. The summed E-state index contributed by atoms with van der Waals surface area (Å²) in [4.78, 5) is 0. The zero-order valence-electron chi connectivity index (χ0n) is 24.3. The van der Waals surface area contributed by atoms with Gasteiger partial charge >= 0.3 is 34.9 Å². The summed E-state index contributed by atoms with van der Waals surface area (Å²) in [7, 11) is -4.58. The Hall–Kier alpha value is -0.600. The number of sulfone groups is 2. The zero-order chi connectivity index (χ0) is 30.7. The van der Waals surface area contributed by atoms with Crippen molar-refractivity contribution in [2.75, 3.05) is 48.8 Å². The Kier molecular flexibility index (Phi) is 16.0. The third-order valence-corrected chi connectivity index (χ3v) is 12.0. The molecule has 0 saturated heterocycles. The van der Waals surface area contributed by atoms with Crippen molar-refractivity contribution < 1.29 is 52.1 Å². The third kappa shape index (κ3) is 11.1. The van der Waals surface area contributed by atoms with E-state index in [9.17, 15) is 43.2 Å². The molecule has 0 radical (unpaired) electrons. The van der Waals surface area contributed by atoms with Crippen molar-refractivity contribution in [2.24, 2.45) is 0 Å². The number of rotatable bonds is 16. The predicted molar refractivity (Wildman–Crippen MR) is 140 cm³/mol. The van der Waals surface area contributed by atoms with Gasteiger partial charge in [-0.05, 0) is 19.3 Å². The summed E-state index contributed by atoms with van der Waals surface area (Å²) < 4.78 is 123. The Morgan fingerprint density at radius 3 is 1.13 bits per heavy atom. The van der Waals surface area contributed by atoms with E-state index in [-0.39, 0.29) is 6.42 Å². The lowest BCUT2D eigenvalue weighted by molar-refractivity contribution is -0.893. The maximum Gasteiger partial charge on any atom is 0.504 e. The van der Waals surface area contributed by atoms with Crippen molar-refractivity contribution in [3.63, 3.8) is 0 Å². The summed E-state index contributed by atoms with van der Waals surface area (Å²) >= 11 is 0. The predicted octanol–water partition coefficient (Wildman–Crippen LogP) is 6.63. The second-order valence-corrected chi connectivity index (χ2v) is 16.1. The van der Waals surface area contributed by atoms with Crippen molar-refractivity contribution in [3.05, 3.63) is 0 Å². The van der Waals surface area contributed by atoms with Gasteiger partial charge in [-0.2, -0.15) is 26.3 Å². The first kappa shape index (κ1) is 39.5. The van der Waals surface area contributed by atoms with Gasteiger partial charge in [0.05, 0.1) is 48.8 Å². The lowest BCUT2D eigenvalue weighted by atomic mass is 10.1. The van der Waals surface area contributed by atoms with Gasteiger partial charge in [0.2, 0.25) is 0 Å². The topological polar surface area (TPSA) is 68.3 Å². The molecule has 0 aromatic heterocycles. The van der Waals surface area contributed by atoms with Crippen LogP contribution < -0.4 is 0 Å². The van der Waals surface area contributed by atoms with Gasteiger partial charge in [-0.25, -0.2) is 16.8 Å². The van der Waals surface area contributed by atoms with E-state index < -0.39 is 52.2 Å². The number of quaternary nitrogens is 2. The first-order chi connectivity index (χ1) is 16.9. The highest BCUT2D eigenvalue weighted by atomic mass is 32.3. The summed E-state index contributed by atoms with van der Waals surface area (Å²) in [6, 6.07) is 0. The van der Waals surface area contributed by atoms with Gasteiger partial charge in [-0.1, -0.05) is 65.2 Å². The molecule has 0 atom stereocenters. The lowest BCUT2D eigenvalue weighted by Gasteiger charge is -2.44. The Morgan fingerprint density at radius 1 is 0.526 bits per heavy atom. The van der Waals surface area contributed by atoms with Crippen LogP contribution in [-0.2, 0) is 19.7 Å². The second kappa shape index (κ2) is 15.4. The number of halogens is 6. The largest absolute Gasteiger partial charge is 0.504 e. The lowest BCUT2D eigenvalue weighted by Crippen LogP contribution is -2.70. The van der Waals surface area contributed by atoms with Crippen LogP contribution >= 0.6 is 0 Å². The van der Waals surface area contributed by atoms with E-state index in [4.69, 9.17) is 0 Å². The summed E-state index contributed by atoms with van der Waals surface area (Å²) in [5.41, 5.74) is -12.3. The van der Waals surface area contributed by atoms with Crippen molar-refractivity contribution in [2.45, 2.75) is 106 Å². The van der Waals surface area contributed by atoms with Gasteiger partial charge in [-0.15, -0.1) is 0 Å². The summed E-state index contributed by atoms with van der Waals surface area (Å²) in [5.74, 6) is 0. The average molecular weight is 609 g/mol. The number of unbranched alkanes of at least 4 members (excludes halogenated alkanes) is 9. The smallest absolute Gasteiger partial charge is 0.331 e. The highest BCUT2D eigenvalue weighted by Gasteiger charge is 2.79. The summed E-state index contributed by atoms with van der Waals surface area (Å²) in [5, 5.41) is 0. The molecule has 0 unspecified atom stereocenters. The van der Waals surface area contributed by atoms with Crippen LogP contribution in [0.15, 0.2) is 0 Å². The molecule has 0 heterocycles. The molecule has 0 amide bonds. The van der Waals surface area contributed by atoms with Crippen molar-refractivity contribution in [1.82, 2.24) is 0 Å². The molecule has 0 aromatic carbocycles. The molecule has 0 aromatic rings. The van der Waals surface area contributed by atoms with E-state index in [1.165, 1.54) is 38.6 Å². The van der Waals surface area contributed by atoms with Gasteiger partial charge in [0.15, 0.2) is 0 Å². The molecular weight excluding hydrogens is 558 g/mol. The number of hydrogen-bond acceptors (Lipinski definition) is 4. The van der Waals surface area contributed by atoms with E-state index in [1.807, 2.05) is 6.92 Å². The minimum atomic E-state index is -6.73. The number of hydrogen-bond donors (Lipinski definition) is 0. The Morgan fingerprint density at radius 2 is 0.842 bits per heavy atom. The minimum Gasteiger partial charge on any atom is -0.331 e. The maximum absolute atomic E-state index is 13.2. The van der Waals surface area contributed by atoms with Crippen molar-refractivity contribution in [1.29, 1.82) is 0 Å². The second-order valence-electron chi connectivity index (χ2n) is 11.6. The normalized spacial score (nSPS) is 14.3. The molecule has 0 aliphatic carbocycles. The SMILES string of the molecule is CCCCCCCCC([N+](C)(C)C)(S(=O)(=O)C(F)(F)F)S(=O)(=O)C(F)(F)F.CCCCCCC[N+](C)(C)C. The van der Waals surface area contributed by atoms with Crippen LogP contribution in [0.5, 0.6) is 0 Å². The molecule has 0 aliphatic rings. The molecule has 0 N–H and O–H groups in total. The fourth-order valence-electron chi connectivity index (χ4n) is 4.15. The molecule has 232 valence electrons. The molecule has 0 spiro atoms. The first-order valence-corrected chi connectivity index (χ1v) is 16.1.